The molecule has 0 radical (unpaired) electrons. The largest absolute Gasteiger partial charge is 0.373 e. The van der Waals surface area contributed by atoms with E-state index in [2.05, 4.69) is 26.3 Å². The van der Waals surface area contributed by atoms with E-state index in [0.29, 0.717) is 40.8 Å². The van der Waals surface area contributed by atoms with Crippen LogP contribution in [0.15, 0.2) is 30.6 Å². The zero-order chi connectivity index (χ0) is 20.4. The molecule has 0 atom stereocenters. The van der Waals surface area contributed by atoms with E-state index in [0.717, 1.165) is 6.20 Å². The van der Waals surface area contributed by atoms with E-state index in [1.807, 2.05) is 0 Å². The van der Waals surface area contributed by atoms with Gasteiger partial charge in [0.2, 0.25) is 0 Å². The summed E-state index contributed by atoms with van der Waals surface area (Å²) >= 11 is 0. The van der Waals surface area contributed by atoms with Gasteiger partial charge < -0.3 is 10.3 Å². The van der Waals surface area contributed by atoms with Crippen LogP contribution in [0.5, 0.6) is 0 Å². The van der Waals surface area contributed by atoms with Crippen LogP contribution < -0.4 is 5.32 Å². The van der Waals surface area contributed by atoms with Crippen LogP contribution in [0.3, 0.4) is 0 Å². The third-order valence-electron chi connectivity index (χ3n) is 4.52. The molecule has 0 bridgehead atoms. The maximum Gasteiger partial charge on any atom is 0.142 e. The van der Waals surface area contributed by atoms with Crippen LogP contribution >= 0.6 is 0 Å². The first-order valence-corrected chi connectivity index (χ1v) is 9.32. The van der Waals surface area contributed by atoms with Crippen LogP contribution in [-0.2, 0) is 0 Å². The van der Waals surface area contributed by atoms with Crippen molar-refractivity contribution in [1.82, 2.24) is 15.0 Å². The number of nitriles is 1. The maximum absolute atomic E-state index is 13.4. The Morgan fingerprint density at radius 3 is 2.32 bits per heavy atom. The minimum Gasteiger partial charge on any atom is -0.373 e. The summed E-state index contributed by atoms with van der Waals surface area (Å²) in [6.45, 7) is 0. The summed E-state index contributed by atoms with van der Waals surface area (Å²) in [7, 11) is 2.24. The Hall–Kier alpha value is -3.01. The first kappa shape index (κ1) is 21.3. The maximum atomic E-state index is 13.4. The number of aromatic amines is 1. The van der Waals surface area contributed by atoms with Crippen LogP contribution in [0.2, 0.25) is 0 Å². The second-order valence-corrected chi connectivity index (χ2v) is 6.33. The number of anilines is 1. The molecule has 5 nitrogen and oxygen atoms in total. The van der Waals surface area contributed by atoms with Crippen molar-refractivity contribution < 1.29 is 8.78 Å². The smallest absolute Gasteiger partial charge is 0.142 e. The van der Waals surface area contributed by atoms with Crippen molar-refractivity contribution in [1.29, 1.82) is 5.26 Å². The minimum absolute atomic E-state index is 0.425. The van der Waals surface area contributed by atoms with Crippen molar-refractivity contribution >= 4 is 16.9 Å². The van der Waals surface area contributed by atoms with Gasteiger partial charge in [0.1, 0.15) is 23.4 Å². The molecule has 3 aromatic heterocycles. The topological polar surface area (TPSA) is 77.4 Å². The van der Waals surface area contributed by atoms with Crippen molar-refractivity contribution in [2.75, 3.05) is 19.5 Å². The van der Waals surface area contributed by atoms with Crippen molar-refractivity contribution in [2.24, 2.45) is 0 Å². The molecule has 0 aliphatic heterocycles. The van der Waals surface area contributed by atoms with Crippen molar-refractivity contribution in [2.45, 2.75) is 38.5 Å². The number of pyridine rings is 2. The fraction of sp³-hybridized carbons (Fsp3) is 0.381. The molecule has 0 unspecified atom stereocenters. The van der Waals surface area contributed by atoms with E-state index in [-0.39, 0.29) is 0 Å². The van der Waals surface area contributed by atoms with Gasteiger partial charge in [0.15, 0.2) is 0 Å². The lowest BCUT2D eigenvalue weighted by Crippen LogP contribution is -1.96. The SMILES string of the molecule is C1CCCCC1.CF.CNc1ccc(C#N)c(-c2c[nH]c3ncc(F)cc23)n1. The van der Waals surface area contributed by atoms with E-state index < -0.39 is 5.82 Å². The Morgan fingerprint density at radius 2 is 1.75 bits per heavy atom. The first-order chi connectivity index (χ1) is 13.7. The van der Waals surface area contributed by atoms with Crippen LogP contribution in [0.4, 0.5) is 14.6 Å². The van der Waals surface area contributed by atoms with Crippen molar-refractivity contribution in [3.8, 4) is 17.3 Å². The highest BCUT2D eigenvalue weighted by molar-refractivity contribution is 5.94. The average Bonchev–Trinajstić information content (AvgIpc) is 3.19. The fourth-order valence-corrected chi connectivity index (χ4v) is 3.13. The third-order valence-corrected chi connectivity index (χ3v) is 4.52. The average molecular weight is 385 g/mol. The molecule has 1 fully saturated rings. The second kappa shape index (κ2) is 11.0. The molecule has 148 valence electrons. The Balaban J connectivity index is 0.000000296. The predicted octanol–water partition coefficient (Wildman–Crippen LogP) is 5.60. The van der Waals surface area contributed by atoms with Gasteiger partial charge in [-0.05, 0) is 18.2 Å². The number of hydrogen-bond acceptors (Lipinski definition) is 4. The number of rotatable bonds is 2. The standard InChI is InChI=1S/C14H10FN5.C6H12.CH3F/c1-17-12-3-2-8(5-16)13(20-12)11-7-19-14-10(11)4-9(15)6-18-14;1-2-4-6-5-3-1;1-2/h2-4,6-7H,1H3,(H,17,20)(H,18,19);1-6H2;1H3. The summed E-state index contributed by atoms with van der Waals surface area (Å²) in [6, 6.07) is 6.87. The Kier molecular flexibility index (Phi) is 8.35. The molecular formula is C21H25F2N5. The molecule has 1 aliphatic carbocycles. The zero-order valence-electron chi connectivity index (χ0n) is 16.2. The molecule has 3 aromatic rings. The second-order valence-electron chi connectivity index (χ2n) is 6.33. The van der Waals surface area contributed by atoms with Gasteiger partial charge in [-0.25, -0.2) is 14.4 Å². The number of H-pyrrole nitrogens is 1. The van der Waals surface area contributed by atoms with Crippen LogP contribution in [-0.4, -0.2) is 29.2 Å². The predicted molar refractivity (Wildman–Crippen MR) is 108 cm³/mol. The summed E-state index contributed by atoms with van der Waals surface area (Å²) in [4.78, 5) is 11.3. The number of aromatic nitrogens is 3. The molecule has 28 heavy (non-hydrogen) atoms. The monoisotopic (exact) mass is 385 g/mol. The van der Waals surface area contributed by atoms with Gasteiger partial charge in [0.05, 0.1) is 24.6 Å². The summed E-state index contributed by atoms with van der Waals surface area (Å²) in [6.07, 6.45) is 11.8. The molecule has 0 saturated heterocycles. The van der Waals surface area contributed by atoms with Gasteiger partial charge >= 0.3 is 0 Å². The van der Waals surface area contributed by atoms with Gasteiger partial charge in [-0.2, -0.15) is 5.26 Å². The van der Waals surface area contributed by atoms with Crippen LogP contribution in [0.25, 0.3) is 22.3 Å². The number of fused-ring (bicyclic) bond motifs is 1. The van der Waals surface area contributed by atoms with Crippen molar-refractivity contribution in [3.63, 3.8) is 0 Å². The molecule has 4 rings (SSSR count). The van der Waals surface area contributed by atoms with E-state index >= 15 is 0 Å². The first-order valence-electron chi connectivity index (χ1n) is 9.32. The van der Waals surface area contributed by atoms with Gasteiger partial charge in [-0.1, -0.05) is 38.5 Å². The summed E-state index contributed by atoms with van der Waals surface area (Å²) in [5.74, 6) is 0.208. The highest BCUT2D eigenvalue weighted by Crippen LogP contribution is 2.30. The zero-order valence-corrected chi connectivity index (χ0v) is 16.2. The number of nitrogens with zero attached hydrogens (tertiary/aromatic N) is 3. The molecule has 1 saturated carbocycles. The highest BCUT2D eigenvalue weighted by Gasteiger charge is 2.14. The highest BCUT2D eigenvalue weighted by atomic mass is 19.1. The summed E-state index contributed by atoms with van der Waals surface area (Å²) < 4.78 is 22.9. The van der Waals surface area contributed by atoms with Gasteiger partial charge in [-0.3, -0.25) is 4.39 Å². The Bertz CT molecular complexity index is 915. The molecule has 1 aliphatic rings. The number of hydrogen-bond donors (Lipinski definition) is 2. The molecule has 0 spiro atoms. The Labute approximate surface area is 163 Å². The fourth-order valence-electron chi connectivity index (χ4n) is 3.13. The summed E-state index contributed by atoms with van der Waals surface area (Å²) in [5.41, 5.74) is 2.13. The Morgan fingerprint density at radius 1 is 1.11 bits per heavy atom. The van der Waals surface area contributed by atoms with E-state index in [9.17, 15) is 14.0 Å². The van der Waals surface area contributed by atoms with E-state index in [4.69, 9.17) is 0 Å². The molecular weight excluding hydrogens is 360 g/mol. The third kappa shape index (κ3) is 5.26. The van der Waals surface area contributed by atoms with E-state index in [1.54, 1.807) is 25.4 Å². The van der Waals surface area contributed by atoms with Gasteiger partial charge in [0, 0.05) is 24.2 Å². The van der Waals surface area contributed by atoms with Crippen LogP contribution in [0.1, 0.15) is 44.1 Å². The van der Waals surface area contributed by atoms with E-state index in [1.165, 1.54) is 44.6 Å². The number of alkyl halides is 1. The normalized spacial score (nSPS) is 12.8. The minimum atomic E-state index is -0.429. The van der Waals surface area contributed by atoms with Gasteiger partial charge in [-0.15, -0.1) is 0 Å². The lowest BCUT2D eigenvalue weighted by molar-refractivity contribution is 0.504. The lowest BCUT2D eigenvalue weighted by atomic mass is 10.0. The van der Waals surface area contributed by atoms with Crippen LogP contribution in [0, 0.1) is 17.1 Å². The molecule has 0 amide bonds. The molecule has 3 heterocycles. The lowest BCUT2D eigenvalue weighted by Gasteiger charge is -2.05. The number of nitrogens with one attached hydrogen (secondary N) is 2. The quantitative estimate of drug-likeness (QED) is 0.602. The number of halogens is 2. The molecule has 2 N–H and O–H groups in total. The summed E-state index contributed by atoms with van der Waals surface area (Å²) in [5, 5.41) is 12.7. The molecule has 0 aromatic carbocycles. The van der Waals surface area contributed by atoms with Gasteiger partial charge in [0.25, 0.3) is 0 Å². The van der Waals surface area contributed by atoms with Crippen molar-refractivity contribution in [3.05, 3.63) is 42.0 Å². The molecule has 7 heteroatoms.